The van der Waals surface area contributed by atoms with E-state index in [1.807, 2.05) is 22.1 Å². The Labute approximate surface area is 172 Å². The first-order chi connectivity index (χ1) is 13.4. The van der Waals surface area contributed by atoms with Gasteiger partial charge in [0.1, 0.15) is 0 Å². The number of hydrogen-bond acceptors (Lipinski definition) is 6. The standard InChI is InChI=1S/C18H22N4O3S3/c1-2-3-8-22-16-7-6-14(28(19,24)25)10-15(16)21-18(22)27-12-17(23)20-11-13-5-4-9-26-13/h4-7,9-10H,2-3,8,11-12H2,1H3,(H,20,23)(H2,19,24,25). The van der Waals surface area contributed by atoms with Gasteiger partial charge in [-0.3, -0.25) is 4.79 Å². The molecular formula is C18H22N4O3S3. The van der Waals surface area contributed by atoms with Crippen LogP contribution in [-0.4, -0.2) is 29.6 Å². The van der Waals surface area contributed by atoms with Crippen molar-refractivity contribution in [3.63, 3.8) is 0 Å². The van der Waals surface area contributed by atoms with Crippen LogP contribution in [0, 0.1) is 0 Å². The van der Waals surface area contributed by atoms with E-state index in [0.29, 0.717) is 17.2 Å². The molecule has 0 unspecified atom stereocenters. The molecule has 2 aromatic heterocycles. The van der Waals surface area contributed by atoms with Crippen molar-refractivity contribution in [3.05, 3.63) is 40.6 Å². The second kappa shape index (κ2) is 9.08. The molecule has 1 amide bonds. The summed E-state index contributed by atoms with van der Waals surface area (Å²) in [6, 6.07) is 8.62. The van der Waals surface area contributed by atoms with E-state index in [-0.39, 0.29) is 16.6 Å². The van der Waals surface area contributed by atoms with Gasteiger partial charge >= 0.3 is 0 Å². The van der Waals surface area contributed by atoms with Crippen LogP contribution in [-0.2, 0) is 27.9 Å². The summed E-state index contributed by atoms with van der Waals surface area (Å²) < 4.78 is 25.3. The smallest absolute Gasteiger partial charge is 0.238 e. The SMILES string of the molecule is CCCCn1c(SCC(=O)NCc2cccs2)nc2cc(S(N)(=O)=O)ccc21. The molecule has 0 fully saturated rings. The third-order valence-electron chi connectivity index (χ3n) is 4.12. The van der Waals surface area contributed by atoms with Crippen molar-refractivity contribution in [2.45, 2.75) is 42.9 Å². The zero-order chi connectivity index (χ0) is 20.1. The molecule has 0 radical (unpaired) electrons. The highest BCUT2D eigenvalue weighted by Gasteiger charge is 2.16. The van der Waals surface area contributed by atoms with Crippen LogP contribution in [0.15, 0.2) is 45.8 Å². The zero-order valence-electron chi connectivity index (χ0n) is 15.4. The number of nitrogens with zero attached hydrogens (tertiary/aromatic N) is 2. The number of primary sulfonamides is 1. The minimum atomic E-state index is -3.79. The number of unbranched alkanes of at least 4 members (excludes halogenated alkanes) is 1. The molecule has 1 aromatic carbocycles. The Morgan fingerprint density at radius 2 is 2.18 bits per heavy atom. The third-order valence-corrected chi connectivity index (χ3v) is 6.88. The fraction of sp³-hybridized carbons (Fsp3) is 0.333. The zero-order valence-corrected chi connectivity index (χ0v) is 17.9. The lowest BCUT2D eigenvalue weighted by Crippen LogP contribution is -2.24. The van der Waals surface area contributed by atoms with Crippen LogP contribution in [0.25, 0.3) is 11.0 Å². The monoisotopic (exact) mass is 438 g/mol. The summed E-state index contributed by atoms with van der Waals surface area (Å²) in [6.07, 6.45) is 1.97. The normalized spacial score (nSPS) is 11.8. The quantitative estimate of drug-likeness (QED) is 0.500. The van der Waals surface area contributed by atoms with Crippen molar-refractivity contribution in [1.29, 1.82) is 0 Å². The van der Waals surface area contributed by atoms with Gasteiger partial charge < -0.3 is 9.88 Å². The number of imidazole rings is 1. The molecule has 3 aromatic rings. The van der Waals surface area contributed by atoms with Crippen molar-refractivity contribution >= 4 is 50.1 Å². The maximum Gasteiger partial charge on any atom is 0.238 e. The van der Waals surface area contributed by atoms with Crippen molar-refractivity contribution in [1.82, 2.24) is 14.9 Å². The van der Waals surface area contributed by atoms with Crippen LogP contribution in [0.4, 0.5) is 0 Å². The van der Waals surface area contributed by atoms with Crippen molar-refractivity contribution < 1.29 is 13.2 Å². The first-order valence-corrected chi connectivity index (χ1v) is 12.2. The van der Waals surface area contributed by atoms with E-state index in [4.69, 9.17) is 5.14 Å². The molecule has 0 saturated carbocycles. The Bertz CT molecular complexity index is 1060. The second-order valence-electron chi connectivity index (χ2n) is 6.24. The first-order valence-electron chi connectivity index (χ1n) is 8.83. The van der Waals surface area contributed by atoms with E-state index in [2.05, 4.69) is 17.2 Å². The molecule has 0 aliphatic rings. The van der Waals surface area contributed by atoms with Gasteiger partial charge in [0.15, 0.2) is 5.16 Å². The number of carbonyl (C=O) groups excluding carboxylic acids is 1. The maximum atomic E-state index is 12.2. The predicted molar refractivity (Wildman–Crippen MR) is 113 cm³/mol. The van der Waals surface area contributed by atoms with Crippen LogP contribution < -0.4 is 10.5 Å². The molecule has 28 heavy (non-hydrogen) atoms. The highest BCUT2D eigenvalue weighted by Crippen LogP contribution is 2.26. The highest BCUT2D eigenvalue weighted by atomic mass is 32.2. The number of nitrogens with two attached hydrogens (primary N) is 1. The highest BCUT2D eigenvalue weighted by molar-refractivity contribution is 7.99. The van der Waals surface area contributed by atoms with E-state index in [0.717, 1.165) is 29.8 Å². The molecule has 0 saturated heterocycles. The Balaban J connectivity index is 1.77. The van der Waals surface area contributed by atoms with Crippen molar-refractivity contribution in [2.24, 2.45) is 5.14 Å². The average molecular weight is 439 g/mol. The number of hydrogen-bond donors (Lipinski definition) is 2. The van der Waals surface area contributed by atoms with Crippen molar-refractivity contribution in [2.75, 3.05) is 5.75 Å². The summed E-state index contributed by atoms with van der Waals surface area (Å²) in [5.74, 6) is 0.167. The summed E-state index contributed by atoms with van der Waals surface area (Å²) in [5.41, 5.74) is 1.39. The summed E-state index contributed by atoms with van der Waals surface area (Å²) in [5, 5.41) is 10.8. The van der Waals surface area contributed by atoms with Gasteiger partial charge in [0.05, 0.1) is 28.2 Å². The number of sulfonamides is 1. The average Bonchev–Trinajstić information content (AvgIpc) is 3.29. The predicted octanol–water partition coefficient (Wildman–Crippen LogP) is 2.95. The van der Waals surface area contributed by atoms with Crippen molar-refractivity contribution in [3.8, 4) is 0 Å². The molecule has 0 atom stereocenters. The topological polar surface area (TPSA) is 107 Å². The Morgan fingerprint density at radius 1 is 1.36 bits per heavy atom. The number of thioether (sulfide) groups is 1. The number of fused-ring (bicyclic) bond motifs is 1. The molecule has 0 bridgehead atoms. The van der Waals surface area contributed by atoms with Crippen LogP contribution in [0.2, 0.25) is 0 Å². The van der Waals surface area contributed by atoms with E-state index in [9.17, 15) is 13.2 Å². The van der Waals surface area contributed by atoms with Gasteiger partial charge in [-0.15, -0.1) is 11.3 Å². The lowest BCUT2D eigenvalue weighted by atomic mass is 10.3. The third kappa shape index (κ3) is 5.13. The maximum absolute atomic E-state index is 12.2. The molecule has 0 aliphatic heterocycles. The number of aromatic nitrogens is 2. The van der Waals surface area contributed by atoms with E-state index >= 15 is 0 Å². The molecule has 0 aliphatic carbocycles. The Kier molecular flexibility index (Phi) is 6.76. The fourth-order valence-electron chi connectivity index (χ4n) is 2.69. The summed E-state index contributed by atoms with van der Waals surface area (Å²) in [7, 11) is -3.79. The largest absolute Gasteiger partial charge is 0.350 e. The van der Waals surface area contributed by atoms with Crippen LogP contribution >= 0.6 is 23.1 Å². The summed E-state index contributed by atoms with van der Waals surface area (Å²) in [6.45, 7) is 3.37. The van der Waals surface area contributed by atoms with Crippen LogP contribution in [0.5, 0.6) is 0 Å². The number of rotatable bonds is 9. The first kappa shape index (κ1) is 20.8. The molecule has 0 spiro atoms. The molecule has 3 rings (SSSR count). The Hall–Kier alpha value is -1.88. The molecule has 7 nitrogen and oxygen atoms in total. The van der Waals surface area contributed by atoms with Gasteiger partial charge in [-0.2, -0.15) is 0 Å². The molecular weight excluding hydrogens is 416 g/mol. The minimum Gasteiger partial charge on any atom is -0.350 e. The fourth-order valence-corrected chi connectivity index (χ4v) is 4.74. The Morgan fingerprint density at radius 3 is 2.86 bits per heavy atom. The number of nitrogens with one attached hydrogen (secondary N) is 1. The van der Waals surface area contributed by atoms with Gasteiger partial charge in [0.25, 0.3) is 0 Å². The molecule has 10 heteroatoms. The van der Waals surface area contributed by atoms with Gasteiger partial charge in [0.2, 0.25) is 15.9 Å². The lowest BCUT2D eigenvalue weighted by molar-refractivity contribution is -0.118. The van der Waals surface area contributed by atoms with Gasteiger partial charge in [-0.05, 0) is 36.1 Å². The number of thiophene rings is 1. The number of carbonyl (C=O) groups is 1. The lowest BCUT2D eigenvalue weighted by Gasteiger charge is -2.08. The number of benzene rings is 1. The van der Waals surface area contributed by atoms with E-state index in [1.165, 1.54) is 23.9 Å². The number of aryl methyl sites for hydroxylation is 1. The molecule has 150 valence electrons. The second-order valence-corrected chi connectivity index (χ2v) is 9.78. The molecule has 2 heterocycles. The van der Waals surface area contributed by atoms with Crippen LogP contribution in [0.1, 0.15) is 24.6 Å². The van der Waals surface area contributed by atoms with Crippen LogP contribution in [0.3, 0.4) is 0 Å². The van der Waals surface area contributed by atoms with Gasteiger partial charge in [-0.1, -0.05) is 31.2 Å². The van der Waals surface area contributed by atoms with E-state index in [1.54, 1.807) is 17.4 Å². The summed E-state index contributed by atoms with van der Waals surface area (Å²) >= 11 is 2.94. The van der Waals surface area contributed by atoms with Gasteiger partial charge in [-0.25, -0.2) is 18.5 Å². The number of amides is 1. The summed E-state index contributed by atoms with van der Waals surface area (Å²) in [4.78, 5) is 17.9. The minimum absolute atomic E-state index is 0.0328. The molecule has 3 N–H and O–H groups in total. The van der Waals surface area contributed by atoms with Gasteiger partial charge in [0, 0.05) is 11.4 Å². The van der Waals surface area contributed by atoms with E-state index < -0.39 is 10.0 Å².